The quantitative estimate of drug-likeness (QED) is 0.0571. The number of carbonyl (C=O) groups is 5. The van der Waals surface area contributed by atoms with E-state index in [-0.39, 0.29) is 104 Å². The van der Waals surface area contributed by atoms with Crippen LogP contribution >= 0.6 is 11.8 Å². The van der Waals surface area contributed by atoms with Crippen molar-refractivity contribution in [3.05, 3.63) is 93.8 Å². The Morgan fingerprint density at radius 1 is 1.04 bits per heavy atom. The van der Waals surface area contributed by atoms with Crippen LogP contribution in [0.5, 0.6) is 5.88 Å². The largest absolute Gasteiger partial charge is 0.467 e. The van der Waals surface area contributed by atoms with E-state index in [4.69, 9.17) is 41.6 Å². The number of anilines is 1. The third kappa shape index (κ3) is 13.6. The zero-order valence-corrected chi connectivity index (χ0v) is 46.2. The summed E-state index contributed by atoms with van der Waals surface area (Å²) in [6, 6.07) is 9.83. The average Bonchev–Trinajstić information content (AvgIpc) is 4.22. The Kier molecular flexibility index (Phi) is 19.4. The lowest BCUT2D eigenvalue weighted by Gasteiger charge is -2.38. The van der Waals surface area contributed by atoms with Crippen LogP contribution in [-0.4, -0.2) is 178 Å². The van der Waals surface area contributed by atoms with Gasteiger partial charge in [-0.3, -0.25) is 29.0 Å². The number of rotatable bonds is 21. The minimum atomic E-state index is -0.591. The van der Waals surface area contributed by atoms with Gasteiger partial charge in [-0.05, 0) is 103 Å². The number of Topliss-reactive ketones (excluding diaryl/α,β-unsaturated/α-hetero) is 2. The third-order valence-electron chi connectivity index (χ3n) is 15.3. The van der Waals surface area contributed by atoms with Gasteiger partial charge in [0.15, 0.2) is 11.6 Å². The number of hydrogen-bond acceptors (Lipinski definition) is 16. The topological polar surface area (TPSA) is 224 Å². The lowest BCUT2D eigenvalue weighted by Crippen LogP contribution is -2.48. The summed E-state index contributed by atoms with van der Waals surface area (Å²) >= 11 is 1.51. The smallest absolute Gasteiger partial charge is 0.262 e. The molecule has 0 saturated carbocycles. The highest BCUT2D eigenvalue weighted by Gasteiger charge is 2.43. The Balaban J connectivity index is 0.773. The molecule has 0 spiro atoms. The van der Waals surface area contributed by atoms with Crippen molar-refractivity contribution in [1.29, 1.82) is 0 Å². The molecule has 0 radical (unpaired) electrons. The van der Waals surface area contributed by atoms with E-state index in [2.05, 4.69) is 20.0 Å². The number of aliphatic imine (C=N–C) groups is 1. The number of piperidine rings is 1. The number of nitrogens with two attached hydrogens (primary N) is 1. The number of nitrogen functional groups attached to an aromatic ring is 1. The van der Waals surface area contributed by atoms with Crippen molar-refractivity contribution in [1.82, 2.24) is 44.7 Å². The zero-order chi connectivity index (χ0) is 55.6. The highest BCUT2D eigenvalue weighted by Crippen LogP contribution is 2.39. The first kappa shape index (κ1) is 57.5. The number of likely N-dealkylation sites (N-methyl/N-ethyl adjacent to an activating group) is 2. The molecule has 1 unspecified atom stereocenters. The molecule has 2 bridgehead atoms. The first-order valence-electron chi connectivity index (χ1n) is 26.8. The first-order valence-corrected chi connectivity index (χ1v) is 27.8. The molecule has 4 aliphatic rings. The molecule has 6 heterocycles. The molecule has 2 fully saturated rings. The number of hydrogen-bond donors (Lipinski definition) is 2. The van der Waals surface area contributed by atoms with Gasteiger partial charge in [0, 0.05) is 62.0 Å². The Morgan fingerprint density at radius 3 is 2.51 bits per heavy atom. The fraction of sp³-hybridized carbons (Fsp3) is 0.536. The molecule has 0 aliphatic carbocycles. The van der Waals surface area contributed by atoms with Gasteiger partial charge in [-0.1, -0.05) is 24.3 Å². The molecule has 3 amide bonds. The minimum Gasteiger partial charge on any atom is -0.467 e. The van der Waals surface area contributed by atoms with Gasteiger partial charge in [-0.15, -0.1) is 16.9 Å². The summed E-state index contributed by atoms with van der Waals surface area (Å²) in [5.74, 6) is -0.640. The summed E-state index contributed by atoms with van der Waals surface area (Å²) in [5, 5.41) is 8.60. The van der Waals surface area contributed by atoms with E-state index >= 15 is 0 Å². The lowest BCUT2D eigenvalue weighted by atomic mass is 9.79. The number of likely N-dealkylation sites (tertiary alicyclic amines) is 2. The number of thioether (sulfide) groups is 1. The van der Waals surface area contributed by atoms with E-state index in [1.807, 2.05) is 37.8 Å². The van der Waals surface area contributed by atoms with Crippen LogP contribution in [0, 0.1) is 31.1 Å². The molecule has 2 aromatic carbocycles. The zero-order valence-electron chi connectivity index (χ0n) is 45.4. The maximum Gasteiger partial charge on any atom is 0.262 e. The Bertz CT molecular complexity index is 2910. The van der Waals surface area contributed by atoms with Crippen LogP contribution in [0.4, 0.5) is 16.0 Å². The molecular weight excluding hydrogens is 1020 g/mol. The van der Waals surface area contributed by atoms with Crippen LogP contribution in [-0.2, 0) is 36.9 Å². The number of benzene rings is 2. The molecule has 2 saturated heterocycles. The van der Waals surface area contributed by atoms with Gasteiger partial charge in [0.2, 0.25) is 11.8 Å². The van der Waals surface area contributed by atoms with Gasteiger partial charge >= 0.3 is 0 Å². The van der Waals surface area contributed by atoms with Crippen LogP contribution in [0.3, 0.4) is 0 Å². The lowest BCUT2D eigenvalue weighted by molar-refractivity contribution is -0.141. The van der Waals surface area contributed by atoms with E-state index in [0.29, 0.717) is 72.3 Å². The minimum absolute atomic E-state index is 0.00325. The summed E-state index contributed by atoms with van der Waals surface area (Å²) in [6.45, 7) is 18.4. The standard InChI is InChI=1S/C56H71FN12O8S/c1-34-10-15-40-41(29-34)36(3)77-53-51(58)61-31-43(62-53)49-44(32-66(7)55(40)73)64-69(52(49)60-5)23-22-65(6)48(71)18-25-75-27-28-76-26-24-67-20-16-37(17-21-67)42(30-47(70)35(2)59-4)56(74)68-19-8-9-46(68)54-63-45(33-78-54)50(72)38-11-13-39(57)14-12-38/h10-15,29,31,35-37,42,45-46,59H,8-9,16-28,30,32-33H2,1-4,6-7H3,(H2,58,61)/t35-,36+,42-,45?,46-/m0/s1. The van der Waals surface area contributed by atoms with Crippen LogP contribution < -0.4 is 15.8 Å². The number of halogens is 1. The van der Waals surface area contributed by atoms with Gasteiger partial charge < -0.3 is 49.7 Å². The summed E-state index contributed by atoms with van der Waals surface area (Å²) in [7, 11) is 5.11. The normalized spacial score (nSPS) is 19.6. The number of aryl methyl sites for hydroxylation is 1. The number of amides is 3. The monoisotopic (exact) mass is 1090 g/mol. The van der Waals surface area contributed by atoms with Gasteiger partial charge in [-0.2, -0.15) is 4.68 Å². The summed E-state index contributed by atoms with van der Waals surface area (Å²) < 4.78 is 33.0. The molecule has 4 aliphatic heterocycles. The van der Waals surface area contributed by atoms with Crippen molar-refractivity contribution in [2.45, 2.75) is 96.6 Å². The van der Waals surface area contributed by atoms with E-state index in [1.54, 1.807) is 37.0 Å². The van der Waals surface area contributed by atoms with Crippen molar-refractivity contribution in [2.75, 3.05) is 91.8 Å². The summed E-state index contributed by atoms with van der Waals surface area (Å²) in [4.78, 5) is 93.3. The number of nitrogens with one attached hydrogen (secondary N) is 1. The molecule has 416 valence electrons. The van der Waals surface area contributed by atoms with E-state index in [9.17, 15) is 28.4 Å². The highest BCUT2D eigenvalue weighted by molar-refractivity contribution is 8.14. The summed E-state index contributed by atoms with van der Waals surface area (Å²) in [5.41, 5.74) is 9.87. The molecule has 78 heavy (non-hydrogen) atoms. The molecule has 22 heteroatoms. The van der Waals surface area contributed by atoms with Crippen LogP contribution in [0.15, 0.2) is 53.7 Å². The van der Waals surface area contributed by atoms with Crippen LogP contribution in [0.1, 0.15) is 96.0 Å². The maximum absolute atomic E-state index is 14.6. The molecular formula is C56H71FN12O8S. The molecule has 20 nitrogen and oxygen atoms in total. The van der Waals surface area contributed by atoms with Crippen LogP contribution in [0.25, 0.3) is 16.1 Å². The predicted molar refractivity (Wildman–Crippen MR) is 294 cm³/mol. The van der Waals surface area contributed by atoms with Crippen molar-refractivity contribution in [3.63, 3.8) is 0 Å². The second-order valence-corrected chi connectivity index (χ2v) is 21.6. The summed E-state index contributed by atoms with van der Waals surface area (Å²) in [6.07, 6.45) is 4.25. The van der Waals surface area contributed by atoms with E-state index < -0.39 is 23.9 Å². The van der Waals surface area contributed by atoms with Gasteiger partial charge in [0.25, 0.3) is 17.6 Å². The number of fused-ring (bicyclic) bond motifs is 5. The number of nitrogens with zero attached hydrogens (tertiary/aromatic N) is 10. The number of aromatic nitrogens is 4. The van der Waals surface area contributed by atoms with E-state index in [0.717, 1.165) is 49.4 Å². The molecule has 8 rings (SSSR count). The number of carbonyl (C=O) groups excluding carboxylic acids is 5. The Morgan fingerprint density at radius 2 is 1.78 bits per heavy atom. The van der Waals surface area contributed by atoms with E-state index in [1.165, 1.54) is 46.9 Å². The molecule has 2 aromatic heterocycles. The molecule has 5 atom stereocenters. The number of ketones is 2. The second kappa shape index (κ2) is 26.3. The molecule has 3 N–H and O–H groups in total. The van der Waals surface area contributed by atoms with Gasteiger partial charge in [0.05, 0.1) is 80.5 Å². The van der Waals surface area contributed by atoms with Gasteiger partial charge in [0.1, 0.15) is 36.0 Å². The van der Waals surface area contributed by atoms with Crippen molar-refractivity contribution < 1.29 is 42.6 Å². The Labute approximate surface area is 459 Å². The van der Waals surface area contributed by atoms with Crippen LogP contribution in [0.2, 0.25) is 0 Å². The Hall–Kier alpha value is -6.64. The second-order valence-electron chi connectivity index (χ2n) is 20.5. The predicted octanol–water partition coefficient (Wildman–Crippen LogP) is 5.81. The number of ether oxygens (including phenoxy) is 3. The van der Waals surface area contributed by atoms with Crippen molar-refractivity contribution in [3.8, 4) is 17.1 Å². The highest BCUT2D eigenvalue weighted by atomic mass is 32.2. The van der Waals surface area contributed by atoms with Crippen molar-refractivity contribution in [2.24, 2.45) is 16.8 Å². The average molecular weight is 1090 g/mol. The van der Waals surface area contributed by atoms with Gasteiger partial charge in [-0.25, -0.2) is 14.4 Å². The fourth-order valence-electron chi connectivity index (χ4n) is 10.5. The SMILES string of the molecule is [C-]#[N+]c1c2c(nn1CCN(C)C(=O)CCOCCOCCN1CCC([C@H](CC(=O)[C@H](C)NC)C(=O)N3CCC[C@H]3C3=NC(C(=O)c4ccc(F)cc4)CS3)CC1)CN(C)C(=O)c1ccc(C)cc1[C@@H](C)Oc1nc-2cnc1N. The fourth-order valence-corrected chi connectivity index (χ4v) is 11.7. The molecule has 4 aromatic rings. The van der Waals surface area contributed by atoms with Crippen molar-refractivity contribution >= 4 is 57.7 Å². The first-order chi connectivity index (χ1) is 37.5. The third-order valence-corrected chi connectivity index (χ3v) is 16.4. The maximum atomic E-state index is 14.6.